The Morgan fingerprint density at radius 3 is 2.17 bits per heavy atom. The van der Waals surface area contributed by atoms with Crippen LogP contribution in [0.25, 0.3) is 0 Å². The van der Waals surface area contributed by atoms with Gasteiger partial charge in [-0.05, 0) is 37.0 Å². The lowest BCUT2D eigenvalue weighted by Crippen LogP contribution is -2.34. The van der Waals surface area contributed by atoms with Crippen molar-refractivity contribution in [3.63, 3.8) is 0 Å². The second kappa shape index (κ2) is 6.32. The van der Waals surface area contributed by atoms with Crippen LogP contribution in [-0.2, 0) is 9.59 Å². The summed E-state index contributed by atoms with van der Waals surface area (Å²) < 4.78 is 38.9. The third-order valence-corrected chi connectivity index (χ3v) is 5.33. The summed E-state index contributed by atoms with van der Waals surface area (Å²) in [4.78, 5) is 24.4. The van der Waals surface area contributed by atoms with Crippen molar-refractivity contribution in [2.24, 2.45) is 23.2 Å². The minimum atomic E-state index is -4.59. The third kappa shape index (κ3) is 4.38. The van der Waals surface area contributed by atoms with Crippen LogP contribution in [0.2, 0.25) is 0 Å². The molecule has 1 amide bonds. The molecule has 1 saturated heterocycles. The molecule has 2 aliphatic rings. The number of hydrogen-bond donors (Lipinski definition) is 1. The van der Waals surface area contributed by atoms with Crippen LogP contribution >= 0.6 is 0 Å². The Hall–Kier alpha value is -1.27. The molecular formula is C16H24F3NO3. The Balaban J connectivity index is 1.94. The summed E-state index contributed by atoms with van der Waals surface area (Å²) in [6.07, 6.45) is -0.545. The number of alkyl halides is 3. The first-order valence-electron chi connectivity index (χ1n) is 8.07. The SMILES string of the molecule is CC1(C)CCC(CC(=O)N2C[C@@H](C(F)(F)F)[C@H](C(=O)O)C2)CC1. The second-order valence-corrected chi connectivity index (χ2v) is 7.70. The van der Waals surface area contributed by atoms with E-state index in [-0.39, 0.29) is 30.2 Å². The summed E-state index contributed by atoms with van der Waals surface area (Å²) in [6, 6.07) is 0. The molecular weight excluding hydrogens is 311 g/mol. The minimum absolute atomic E-state index is 0.198. The predicted octanol–water partition coefficient (Wildman–Crippen LogP) is 3.31. The van der Waals surface area contributed by atoms with Crippen LogP contribution in [0.4, 0.5) is 13.2 Å². The Labute approximate surface area is 134 Å². The van der Waals surface area contributed by atoms with Gasteiger partial charge in [0.1, 0.15) is 0 Å². The molecule has 2 atom stereocenters. The van der Waals surface area contributed by atoms with Gasteiger partial charge in [-0.15, -0.1) is 0 Å². The first kappa shape index (κ1) is 18.1. The van der Waals surface area contributed by atoms with Crippen LogP contribution in [0.15, 0.2) is 0 Å². The van der Waals surface area contributed by atoms with Gasteiger partial charge in [-0.3, -0.25) is 9.59 Å². The number of amides is 1. The molecule has 23 heavy (non-hydrogen) atoms. The number of carbonyl (C=O) groups excluding carboxylic acids is 1. The van der Waals surface area contributed by atoms with Crippen molar-refractivity contribution < 1.29 is 27.9 Å². The van der Waals surface area contributed by atoms with Crippen LogP contribution < -0.4 is 0 Å². The van der Waals surface area contributed by atoms with Crippen LogP contribution in [0.1, 0.15) is 46.0 Å². The standard InChI is InChI=1S/C16H24F3NO3/c1-15(2)5-3-10(4-6-15)7-13(21)20-8-11(14(22)23)12(9-20)16(17,18)19/h10-12H,3-9H2,1-2H3,(H,22,23)/t11-,12-/m1/s1. The number of halogens is 3. The highest BCUT2D eigenvalue weighted by Gasteiger charge is 2.53. The van der Waals surface area contributed by atoms with Crippen molar-refractivity contribution in [3.05, 3.63) is 0 Å². The van der Waals surface area contributed by atoms with E-state index < -0.39 is 30.5 Å². The van der Waals surface area contributed by atoms with E-state index in [1.165, 1.54) is 0 Å². The highest BCUT2D eigenvalue weighted by Crippen LogP contribution is 2.41. The molecule has 0 radical (unpaired) electrons. The van der Waals surface area contributed by atoms with Crippen LogP contribution in [0.3, 0.4) is 0 Å². The molecule has 1 aliphatic carbocycles. The average Bonchev–Trinajstić information content (AvgIpc) is 2.86. The molecule has 2 fully saturated rings. The molecule has 1 heterocycles. The molecule has 0 unspecified atom stereocenters. The van der Waals surface area contributed by atoms with Gasteiger partial charge >= 0.3 is 12.1 Å². The first-order valence-corrected chi connectivity index (χ1v) is 8.07. The highest BCUT2D eigenvalue weighted by atomic mass is 19.4. The molecule has 1 saturated carbocycles. The maximum Gasteiger partial charge on any atom is 0.394 e. The largest absolute Gasteiger partial charge is 0.481 e. The number of nitrogens with zero attached hydrogens (tertiary/aromatic N) is 1. The van der Waals surface area contributed by atoms with Gasteiger partial charge in [0.25, 0.3) is 0 Å². The summed E-state index contributed by atoms with van der Waals surface area (Å²) in [6.45, 7) is 3.49. The molecule has 0 aromatic heterocycles. The quantitative estimate of drug-likeness (QED) is 0.861. The van der Waals surface area contributed by atoms with Gasteiger partial charge < -0.3 is 10.0 Å². The summed E-state index contributed by atoms with van der Waals surface area (Å²) >= 11 is 0. The Morgan fingerprint density at radius 1 is 1.17 bits per heavy atom. The zero-order valence-corrected chi connectivity index (χ0v) is 13.5. The van der Waals surface area contributed by atoms with Gasteiger partial charge in [0.05, 0.1) is 11.8 Å². The van der Waals surface area contributed by atoms with Crippen LogP contribution in [0, 0.1) is 23.2 Å². The second-order valence-electron chi connectivity index (χ2n) is 7.70. The Kier molecular flexibility index (Phi) is 4.97. The predicted molar refractivity (Wildman–Crippen MR) is 77.6 cm³/mol. The van der Waals surface area contributed by atoms with E-state index in [9.17, 15) is 22.8 Å². The summed E-state index contributed by atoms with van der Waals surface area (Å²) in [5, 5.41) is 8.99. The van der Waals surface area contributed by atoms with E-state index in [1.54, 1.807) is 0 Å². The monoisotopic (exact) mass is 335 g/mol. The molecule has 0 aromatic carbocycles. The van der Waals surface area contributed by atoms with Crippen molar-refractivity contribution in [3.8, 4) is 0 Å². The van der Waals surface area contributed by atoms with E-state index in [2.05, 4.69) is 13.8 Å². The molecule has 0 aromatic rings. The number of carboxylic acids is 1. The molecule has 0 spiro atoms. The lowest BCUT2D eigenvalue weighted by Gasteiger charge is -2.34. The van der Waals surface area contributed by atoms with Crippen molar-refractivity contribution in [2.75, 3.05) is 13.1 Å². The van der Waals surface area contributed by atoms with Gasteiger partial charge in [0.2, 0.25) is 5.91 Å². The molecule has 1 N–H and O–H groups in total. The topological polar surface area (TPSA) is 57.6 Å². The van der Waals surface area contributed by atoms with Gasteiger partial charge in [0, 0.05) is 19.5 Å². The van der Waals surface area contributed by atoms with Gasteiger partial charge in [0.15, 0.2) is 0 Å². The third-order valence-electron chi connectivity index (χ3n) is 5.33. The normalized spacial score (nSPS) is 28.8. The zero-order chi connectivity index (χ0) is 17.4. The van der Waals surface area contributed by atoms with E-state index >= 15 is 0 Å². The number of aliphatic carboxylic acids is 1. The molecule has 4 nitrogen and oxygen atoms in total. The lowest BCUT2D eigenvalue weighted by atomic mass is 9.72. The van der Waals surface area contributed by atoms with E-state index in [4.69, 9.17) is 5.11 Å². The van der Waals surface area contributed by atoms with Gasteiger partial charge in [-0.2, -0.15) is 13.2 Å². The molecule has 0 bridgehead atoms. The minimum Gasteiger partial charge on any atom is -0.481 e. The van der Waals surface area contributed by atoms with Gasteiger partial charge in [-0.1, -0.05) is 13.8 Å². The fourth-order valence-corrected chi connectivity index (χ4v) is 3.63. The summed E-state index contributed by atoms with van der Waals surface area (Å²) in [7, 11) is 0. The van der Waals surface area contributed by atoms with E-state index in [1.807, 2.05) is 0 Å². The molecule has 1 aliphatic heterocycles. The number of likely N-dealkylation sites (tertiary alicyclic amines) is 1. The zero-order valence-electron chi connectivity index (χ0n) is 13.5. The number of carbonyl (C=O) groups is 2. The van der Waals surface area contributed by atoms with Crippen molar-refractivity contribution in [2.45, 2.75) is 52.1 Å². The maximum atomic E-state index is 13.0. The lowest BCUT2D eigenvalue weighted by molar-refractivity contribution is -0.188. The highest BCUT2D eigenvalue weighted by molar-refractivity contribution is 5.79. The number of rotatable bonds is 3. The van der Waals surface area contributed by atoms with Crippen LogP contribution in [-0.4, -0.2) is 41.1 Å². The Morgan fingerprint density at radius 2 is 1.74 bits per heavy atom. The first-order chi connectivity index (χ1) is 10.5. The van der Waals surface area contributed by atoms with Crippen molar-refractivity contribution in [1.29, 1.82) is 0 Å². The average molecular weight is 335 g/mol. The fraction of sp³-hybridized carbons (Fsp3) is 0.875. The maximum absolute atomic E-state index is 13.0. The fourth-order valence-electron chi connectivity index (χ4n) is 3.63. The molecule has 2 rings (SSSR count). The number of hydrogen-bond acceptors (Lipinski definition) is 2. The smallest absolute Gasteiger partial charge is 0.394 e. The summed E-state index contributed by atoms with van der Waals surface area (Å²) in [5.41, 5.74) is 0.267. The van der Waals surface area contributed by atoms with Crippen LogP contribution in [0.5, 0.6) is 0 Å². The van der Waals surface area contributed by atoms with E-state index in [0.29, 0.717) is 0 Å². The summed E-state index contributed by atoms with van der Waals surface area (Å²) in [5.74, 6) is -5.14. The number of carboxylic acid groups (broad SMARTS) is 1. The van der Waals surface area contributed by atoms with E-state index in [0.717, 1.165) is 30.6 Å². The molecule has 132 valence electrons. The van der Waals surface area contributed by atoms with Gasteiger partial charge in [-0.25, -0.2) is 0 Å². The molecule has 7 heteroatoms. The Bertz CT molecular complexity index is 466. The van der Waals surface area contributed by atoms with Crippen molar-refractivity contribution in [1.82, 2.24) is 4.90 Å². The van der Waals surface area contributed by atoms with Crippen molar-refractivity contribution >= 4 is 11.9 Å².